The van der Waals surface area contributed by atoms with Gasteiger partial charge in [-0.2, -0.15) is 0 Å². The Hall–Kier alpha value is -2.65. The second-order valence-corrected chi connectivity index (χ2v) is 7.75. The zero-order valence-electron chi connectivity index (χ0n) is 13.9. The van der Waals surface area contributed by atoms with Gasteiger partial charge in [0.2, 0.25) is 15.9 Å². The molecule has 8 nitrogen and oxygen atoms in total. The summed E-state index contributed by atoms with van der Waals surface area (Å²) in [6.45, 7) is 1.41. The van der Waals surface area contributed by atoms with Crippen molar-refractivity contribution in [3.63, 3.8) is 0 Å². The molecule has 0 saturated heterocycles. The number of benzene rings is 2. The molecule has 0 aliphatic heterocycles. The van der Waals surface area contributed by atoms with Crippen LogP contribution in [0.25, 0.3) is 0 Å². The lowest BCUT2D eigenvalue weighted by molar-refractivity contribution is -0.384. The normalized spacial score (nSPS) is 12.3. The lowest BCUT2D eigenvalue weighted by Crippen LogP contribution is -2.45. The monoisotopic (exact) mass is 397 g/mol. The number of nitrogens with one attached hydrogen (secondary N) is 1. The van der Waals surface area contributed by atoms with Gasteiger partial charge in [-0.15, -0.1) is 0 Å². The van der Waals surface area contributed by atoms with Gasteiger partial charge in [-0.25, -0.2) is 8.42 Å². The van der Waals surface area contributed by atoms with E-state index in [1.165, 1.54) is 19.1 Å². The van der Waals surface area contributed by atoms with Gasteiger partial charge >= 0.3 is 0 Å². The number of carbonyl (C=O) groups excluding carboxylic acids is 1. The van der Waals surface area contributed by atoms with Crippen molar-refractivity contribution >= 4 is 44.6 Å². The molecule has 0 aliphatic carbocycles. The summed E-state index contributed by atoms with van der Waals surface area (Å²) < 4.78 is 25.3. The van der Waals surface area contributed by atoms with Gasteiger partial charge in [0.25, 0.3) is 5.69 Å². The number of sulfonamides is 1. The summed E-state index contributed by atoms with van der Waals surface area (Å²) in [5.74, 6) is -0.679. The van der Waals surface area contributed by atoms with Gasteiger partial charge < -0.3 is 5.32 Å². The molecule has 0 fully saturated rings. The van der Waals surface area contributed by atoms with E-state index in [1.54, 1.807) is 30.3 Å². The zero-order chi connectivity index (χ0) is 19.5. The number of carbonyl (C=O) groups is 1. The number of hydrogen-bond donors (Lipinski definition) is 1. The predicted molar refractivity (Wildman–Crippen MR) is 100.0 cm³/mol. The number of amides is 1. The van der Waals surface area contributed by atoms with Crippen molar-refractivity contribution in [3.8, 4) is 0 Å². The summed E-state index contributed by atoms with van der Waals surface area (Å²) in [6, 6.07) is 10.6. The summed E-state index contributed by atoms with van der Waals surface area (Å²) in [7, 11) is -3.75. The van der Waals surface area contributed by atoms with E-state index in [-0.39, 0.29) is 16.4 Å². The molecule has 2 aromatic carbocycles. The van der Waals surface area contributed by atoms with Crippen LogP contribution in [0.4, 0.5) is 17.1 Å². The fraction of sp³-hybridized carbons (Fsp3) is 0.188. The number of nitro groups is 1. The van der Waals surface area contributed by atoms with E-state index in [0.717, 1.165) is 16.6 Å². The highest BCUT2D eigenvalue weighted by Crippen LogP contribution is 2.28. The molecule has 0 saturated carbocycles. The largest absolute Gasteiger partial charge is 0.323 e. The summed E-state index contributed by atoms with van der Waals surface area (Å²) in [5.41, 5.74) is 0.0994. The van der Waals surface area contributed by atoms with Gasteiger partial charge in [-0.1, -0.05) is 29.8 Å². The van der Waals surface area contributed by atoms with Crippen LogP contribution in [0.5, 0.6) is 0 Å². The Bertz CT molecular complexity index is 934. The molecule has 0 heterocycles. The topological polar surface area (TPSA) is 110 Å². The SMILES string of the molecule is CC(C(=O)Nc1cc([N+](=O)[O-])ccc1Cl)N(c1ccccc1)S(C)(=O)=O. The fourth-order valence-corrected chi connectivity index (χ4v) is 3.68. The van der Waals surface area contributed by atoms with E-state index in [0.29, 0.717) is 5.69 Å². The van der Waals surface area contributed by atoms with Gasteiger partial charge in [0, 0.05) is 12.1 Å². The molecule has 1 amide bonds. The molecule has 26 heavy (non-hydrogen) atoms. The first-order valence-corrected chi connectivity index (χ1v) is 9.63. The number of non-ortho nitro benzene ring substituents is 1. The number of hydrogen-bond acceptors (Lipinski definition) is 5. The summed E-state index contributed by atoms with van der Waals surface area (Å²) >= 11 is 5.97. The second kappa shape index (κ2) is 7.71. The lowest BCUT2D eigenvalue weighted by Gasteiger charge is -2.28. The van der Waals surface area contributed by atoms with Gasteiger partial charge in [-0.3, -0.25) is 19.2 Å². The highest BCUT2D eigenvalue weighted by Gasteiger charge is 2.29. The van der Waals surface area contributed by atoms with Crippen molar-refractivity contribution < 1.29 is 18.1 Å². The maximum Gasteiger partial charge on any atom is 0.271 e. The van der Waals surface area contributed by atoms with Crippen LogP contribution < -0.4 is 9.62 Å². The average molecular weight is 398 g/mol. The minimum Gasteiger partial charge on any atom is -0.323 e. The van der Waals surface area contributed by atoms with Crippen LogP contribution in [0.1, 0.15) is 6.92 Å². The van der Waals surface area contributed by atoms with E-state index >= 15 is 0 Å². The molecule has 10 heteroatoms. The quantitative estimate of drug-likeness (QED) is 0.595. The molecule has 1 N–H and O–H groups in total. The molecular weight excluding hydrogens is 382 g/mol. The van der Waals surface area contributed by atoms with Crippen LogP contribution in [-0.2, 0) is 14.8 Å². The van der Waals surface area contributed by atoms with Crippen LogP contribution >= 0.6 is 11.6 Å². The predicted octanol–water partition coefficient (Wildman–Crippen LogP) is 3.04. The van der Waals surface area contributed by atoms with E-state index in [1.807, 2.05) is 0 Å². The van der Waals surface area contributed by atoms with Crippen LogP contribution in [0.3, 0.4) is 0 Å². The smallest absolute Gasteiger partial charge is 0.271 e. The first-order valence-electron chi connectivity index (χ1n) is 7.40. The third kappa shape index (κ3) is 4.50. The summed E-state index contributed by atoms with van der Waals surface area (Å²) in [4.78, 5) is 22.8. The first kappa shape index (κ1) is 19.7. The maximum atomic E-state index is 12.6. The van der Waals surface area contributed by atoms with Crippen LogP contribution in [-0.4, -0.2) is 31.5 Å². The molecule has 0 aliphatic rings. The molecule has 1 unspecified atom stereocenters. The number of nitro benzene ring substituents is 1. The number of rotatable bonds is 6. The minimum atomic E-state index is -3.75. The Labute approximate surface area is 155 Å². The molecular formula is C16H16ClN3O5S. The average Bonchev–Trinajstić information content (AvgIpc) is 2.56. The van der Waals surface area contributed by atoms with Crippen molar-refractivity contribution in [3.05, 3.63) is 63.7 Å². The van der Waals surface area contributed by atoms with Crippen LogP contribution in [0, 0.1) is 10.1 Å². The molecule has 1 atom stereocenters. The van der Waals surface area contributed by atoms with Gasteiger partial charge in [-0.05, 0) is 25.1 Å². The van der Waals surface area contributed by atoms with Crippen molar-refractivity contribution in [1.29, 1.82) is 0 Å². The zero-order valence-corrected chi connectivity index (χ0v) is 15.5. The number of nitrogens with zero attached hydrogens (tertiary/aromatic N) is 2. The summed E-state index contributed by atoms with van der Waals surface area (Å²) in [5, 5.41) is 13.4. The fourth-order valence-electron chi connectivity index (χ4n) is 2.34. The van der Waals surface area contributed by atoms with Crippen molar-refractivity contribution in [2.75, 3.05) is 15.9 Å². The Morgan fingerprint density at radius 2 is 1.85 bits per heavy atom. The molecule has 0 aromatic heterocycles. The van der Waals surface area contributed by atoms with Gasteiger partial charge in [0.05, 0.1) is 27.6 Å². The molecule has 138 valence electrons. The Morgan fingerprint density at radius 3 is 2.38 bits per heavy atom. The van der Waals surface area contributed by atoms with Crippen molar-refractivity contribution in [2.24, 2.45) is 0 Å². The Balaban J connectivity index is 2.33. The van der Waals surface area contributed by atoms with Gasteiger partial charge in [0.15, 0.2) is 0 Å². The van der Waals surface area contributed by atoms with E-state index in [4.69, 9.17) is 11.6 Å². The Kier molecular flexibility index (Phi) is 5.83. The van der Waals surface area contributed by atoms with E-state index < -0.39 is 26.9 Å². The minimum absolute atomic E-state index is 0.0271. The van der Waals surface area contributed by atoms with Crippen molar-refractivity contribution in [2.45, 2.75) is 13.0 Å². The van der Waals surface area contributed by atoms with Crippen LogP contribution in [0.15, 0.2) is 48.5 Å². The molecule has 0 bridgehead atoms. The van der Waals surface area contributed by atoms with Crippen LogP contribution in [0.2, 0.25) is 5.02 Å². The second-order valence-electron chi connectivity index (χ2n) is 5.48. The first-order chi connectivity index (χ1) is 12.1. The number of halogens is 1. The highest BCUT2D eigenvalue weighted by atomic mass is 35.5. The molecule has 2 rings (SSSR count). The maximum absolute atomic E-state index is 12.6. The van der Waals surface area contributed by atoms with Gasteiger partial charge in [0.1, 0.15) is 6.04 Å². The van der Waals surface area contributed by atoms with Crippen molar-refractivity contribution in [1.82, 2.24) is 0 Å². The summed E-state index contributed by atoms with van der Waals surface area (Å²) in [6.07, 6.45) is 0.990. The third-order valence-electron chi connectivity index (χ3n) is 3.52. The third-order valence-corrected chi connectivity index (χ3v) is 5.09. The van der Waals surface area contributed by atoms with E-state index in [9.17, 15) is 23.3 Å². The Morgan fingerprint density at radius 1 is 1.23 bits per heavy atom. The highest BCUT2D eigenvalue weighted by molar-refractivity contribution is 7.92. The van der Waals surface area contributed by atoms with E-state index in [2.05, 4.69) is 5.32 Å². The molecule has 0 spiro atoms. The molecule has 0 radical (unpaired) electrons. The standard InChI is InChI=1S/C16H16ClN3O5S/c1-11(19(26(2,24)25)12-6-4-3-5-7-12)16(21)18-15-10-13(20(22)23)8-9-14(15)17/h3-11H,1-2H3,(H,18,21). The lowest BCUT2D eigenvalue weighted by atomic mass is 10.2. The number of para-hydroxylation sites is 1. The molecule has 2 aromatic rings. The number of anilines is 2.